The van der Waals surface area contributed by atoms with Crippen LogP contribution in [0.25, 0.3) is 22.0 Å². The lowest BCUT2D eigenvalue weighted by Crippen LogP contribution is -2.13. The lowest BCUT2D eigenvalue weighted by molar-refractivity contribution is 0.104. The monoisotopic (exact) mass is 402 g/mol. The van der Waals surface area contributed by atoms with E-state index in [4.69, 9.17) is 4.18 Å². The Morgan fingerprint density at radius 2 is 1.66 bits per heavy atom. The first-order chi connectivity index (χ1) is 14.0. The van der Waals surface area contributed by atoms with Gasteiger partial charge in [-0.15, -0.1) is 0 Å². The van der Waals surface area contributed by atoms with E-state index in [1.54, 1.807) is 36.5 Å². The Morgan fingerprint density at radius 3 is 2.45 bits per heavy atom. The van der Waals surface area contributed by atoms with Crippen LogP contribution in [0.1, 0.15) is 21.5 Å². The van der Waals surface area contributed by atoms with Crippen LogP contribution in [0, 0.1) is 6.92 Å². The van der Waals surface area contributed by atoms with Gasteiger partial charge in [-0.05, 0) is 36.8 Å². The zero-order valence-corrected chi connectivity index (χ0v) is 16.1. The molecule has 29 heavy (non-hydrogen) atoms. The molecule has 4 aromatic rings. The van der Waals surface area contributed by atoms with Gasteiger partial charge in [-0.2, -0.15) is 8.42 Å². The smallest absolute Gasteiger partial charge is 0.340 e. The van der Waals surface area contributed by atoms with Crippen LogP contribution in [0.4, 0.5) is 0 Å². The van der Waals surface area contributed by atoms with Crippen molar-refractivity contribution in [1.29, 1.82) is 0 Å². The Bertz CT molecular complexity index is 1410. The average molecular weight is 402 g/mol. The molecule has 0 N–H and O–H groups in total. The van der Waals surface area contributed by atoms with Crippen molar-refractivity contribution in [2.24, 2.45) is 0 Å². The molecule has 0 radical (unpaired) electrons. The van der Waals surface area contributed by atoms with Crippen LogP contribution in [0.3, 0.4) is 0 Å². The van der Waals surface area contributed by atoms with E-state index in [1.165, 1.54) is 18.3 Å². The van der Waals surface area contributed by atoms with Gasteiger partial charge in [0, 0.05) is 28.9 Å². The highest BCUT2D eigenvalue weighted by Gasteiger charge is 2.35. The van der Waals surface area contributed by atoms with E-state index in [-0.39, 0.29) is 22.1 Å². The number of aromatic nitrogens is 2. The molecule has 1 aliphatic carbocycles. The van der Waals surface area contributed by atoms with Crippen molar-refractivity contribution in [3.8, 4) is 17.0 Å². The highest BCUT2D eigenvalue weighted by Crippen LogP contribution is 2.44. The molecule has 1 aliphatic rings. The summed E-state index contributed by atoms with van der Waals surface area (Å²) < 4.78 is 31.1. The van der Waals surface area contributed by atoms with E-state index in [0.717, 1.165) is 10.9 Å². The predicted octanol–water partition coefficient (Wildman–Crippen LogP) is 3.92. The lowest BCUT2D eigenvalue weighted by atomic mass is 10.0. The van der Waals surface area contributed by atoms with Crippen LogP contribution in [0.2, 0.25) is 0 Å². The summed E-state index contributed by atoms with van der Waals surface area (Å²) >= 11 is 0. The van der Waals surface area contributed by atoms with Crippen LogP contribution < -0.4 is 4.18 Å². The van der Waals surface area contributed by atoms with Crippen LogP contribution >= 0.6 is 0 Å². The van der Waals surface area contributed by atoms with Gasteiger partial charge in [0.2, 0.25) is 11.7 Å². The summed E-state index contributed by atoms with van der Waals surface area (Å²) in [5, 5.41) is 0.751. The fraction of sp³-hybridized carbons (Fsp3) is 0.0455. The minimum Gasteiger partial charge on any atom is -0.357 e. The van der Waals surface area contributed by atoms with E-state index in [0.29, 0.717) is 22.2 Å². The van der Waals surface area contributed by atoms with Crippen molar-refractivity contribution in [3.05, 3.63) is 83.7 Å². The molecular weight excluding hydrogens is 388 g/mol. The minimum absolute atomic E-state index is 0.00330. The van der Waals surface area contributed by atoms with Crippen molar-refractivity contribution in [1.82, 2.24) is 9.97 Å². The zero-order chi connectivity index (χ0) is 20.2. The van der Waals surface area contributed by atoms with Crippen molar-refractivity contribution in [3.63, 3.8) is 0 Å². The van der Waals surface area contributed by atoms with Crippen LogP contribution in [0.5, 0.6) is 5.88 Å². The molecule has 0 saturated carbocycles. The van der Waals surface area contributed by atoms with E-state index in [9.17, 15) is 13.2 Å². The summed E-state index contributed by atoms with van der Waals surface area (Å²) in [6.45, 7) is 1.86. The van der Waals surface area contributed by atoms with E-state index < -0.39 is 10.1 Å². The van der Waals surface area contributed by atoms with E-state index in [1.807, 2.05) is 19.1 Å². The Balaban J connectivity index is 1.75. The molecule has 142 valence electrons. The molecular formula is C22H14N2O4S. The van der Waals surface area contributed by atoms with Crippen molar-refractivity contribution < 1.29 is 17.4 Å². The fourth-order valence-electron chi connectivity index (χ4n) is 3.53. The number of benzene rings is 2. The number of pyridine rings is 2. The van der Waals surface area contributed by atoms with Gasteiger partial charge in [-0.3, -0.25) is 9.78 Å². The van der Waals surface area contributed by atoms with Gasteiger partial charge in [0.1, 0.15) is 4.90 Å². The number of fused-ring (bicyclic) bond motifs is 5. The Kier molecular flexibility index (Phi) is 3.75. The predicted molar refractivity (Wildman–Crippen MR) is 107 cm³/mol. The summed E-state index contributed by atoms with van der Waals surface area (Å²) in [7, 11) is -4.16. The zero-order valence-electron chi connectivity index (χ0n) is 15.3. The molecule has 0 spiro atoms. The number of ketones is 1. The summed E-state index contributed by atoms with van der Waals surface area (Å²) in [4.78, 5) is 21.5. The molecule has 2 aromatic carbocycles. The largest absolute Gasteiger partial charge is 0.357 e. The first-order valence-corrected chi connectivity index (χ1v) is 10.3. The molecule has 0 unspecified atom stereocenters. The number of hydrogen-bond acceptors (Lipinski definition) is 6. The molecule has 2 heterocycles. The Hall–Kier alpha value is -3.58. The maximum absolute atomic E-state index is 13.1. The molecule has 0 aliphatic heterocycles. The molecule has 0 amide bonds. The van der Waals surface area contributed by atoms with Crippen molar-refractivity contribution >= 4 is 26.8 Å². The van der Waals surface area contributed by atoms with Gasteiger partial charge in [0.25, 0.3) is 0 Å². The molecule has 0 bridgehead atoms. The standard InChI is InChI=1S/C22H14N2O4S/c1-13-6-8-14(9-7-13)29(26,27)28-22-20-19(16-4-2-3-5-18(16)24-22)15-10-11-23-12-17(15)21(20)25/h2-12H,1H3. The number of nitrogens with zero attached hydrogens (tertiary/aromatic N) is 2. The molecule has 0 atom stereocenters. The SMILES string of the molecule is Cc1ccc(S(=O)(=O)Oc2nc3ccccc3c3c2C(=O)c2cnccc2-3)cc1. The van der Waals surface area contributed by atoms with Crippen molar-refractivity contribution in [2.75, 3.05) is 0 Å². The third-order valence-corrected chi connectivity index (χ3v) is 6.15. The van der Waals surface area contributed by atoms with E-state index in [2.05, 4.69) is 9.97 Å². The summed E-state index contributed by atoms with van der Waals surface area (Å²) in [6.07, 6.45) is 3.07. The number of hydrogen-bond donors (Lipinski definition) is 0. The molecule has 0 fully saturated rings. The van der Waals surface area contributed by atoms with Crippen LogP contribution in [-0.2, 0) is 10.1 Å². The second kappa shape index (κ2) is 6.22. The normalized spacial score (nSPS) is 12.7. The van der Waals surface area contributed by atoms with Gasteiger partial charge in [-0.25, -0.2) is 4.98 Å². The summed E-state index contributed by atoms with van der Waals surface area (Å²) in [5.41, 5.74) is 3.31. The summed E-state index contributed by atoms with van der Waals surface area (Å²) in [5.74, 6) is -0.573. The highest BCUT2D eigenvalue weighted by atomic mass is 32.2. The van der Waals surface area contributed by atoms with E-state index >= 15 is 0 Å². The number of aryl methyl sites for hydroxylation is 1. The third-order valence-electron chi connectivity index (χ3n) is 4.92. The molecule has 5 rings (SSSR count). The van der Waals surface area contributed by atoms with Crippen LogP contribution in [-0.4, -0.2) is 24.2 Å². The topological polar surface area (TPSA) is 86.2 Å². The molecule has 7 heteroatoms. The number of rotatable bonds is 3. The maximum atomic E-state index is 13.1. The Labute approximate surface area is 167 Å². The van der Waals surface area contributed by atoms with Gasteiger partial charge < -0.3 is 4.18 Å². The second-order valence-corrected chi connectivity index (χ2v) is 8.33. The molecule has 2 aromatic heterocycles. The van der Waals surface area contributed by atoms with Gasteiger partial charge in [0.15, 0.2) is 0 Å². The molecule has 0 saturated heterocycles. The molecule has 6 nitrogen and oxygen atoms in total. The first-order valence-electron chi connectivity index (χ1n) is 8.89. The van der Waals surface area contributed by atoms with Gasteiger partial charge in [-0.1, -0.05) is 35.9 Å². The number of carbonyl (C=O) groups excluding carboxylic acids is 1. The van der Waals surface area contributed by atoms with Crippen molar-refractivity contribution in [2.45, 2.75) is 11.8 Å². The number of para-hydroxylation sites is 1. The highest BCUT2D eigenvalue weighted by molar-refractivity contribution is 7.87. The third kappa shape index (κ3) is 2.70. The van der Waals surface area contributed by atoms with Crippen LogP contribution in [0.15, 0.2) is 71.9 Å². The fourth-order valence-corrected chi connectivity index (χ4v) is 4.42. The number of carbonyl (C=O) groups is 1. The quantitative estimate of drug-likeness (QED) is 0.425. The lowest BCUT2D eigenvalue weighted by Gasteiger charge is -2.12. The first kappa shape index (κ1) is 17.5. The average Bonchev–Trinajstić information content (AvgIpc) is 3.02. The minimum atomic E-state index is -4.16. The summed E-state index contributed by atoms with van der Waals surface area (Å²) in [6, 6.07) is 15.3. The van der Waals surface area contributed by atoms with Gasteiger partial charge >= 0.3 is 10.1 Å². The second-order valence-electron chi connectivity index (χ2n) is 6.78. The maximum Gasteiger partial charge on any atom is 0.340 e. The van der Waals surface area contributed by atoms with Gasteiger partial charge in [0.05, 0.1) is 11.1 Å². The Morgan fingerprint density at radius 1 is 0.897 bits per heavy atom.